The molecular weight excluding hydrogens is 709 g/mol. The first-order valence-electron chi connectivity index (χ1n) is 22.2. The molecule has 0 spiro atoms. The molecule has 3 aliphatic rings. The maximum absolute atomic E-state index is 4.57. The number of hydrogen-bond donors (Lipinski definition) is 1. The van der Waals surface area contributed by atoms with Crippen LogP contribution in [0.2, 0.25) is 0 Å². The summed E-state index contributed by atoms with van der Waals surface area (Å²) in [4.78, 5) is 12.1. The van der Waals surface area contributed by atoms with Crippen molar-refractivity contribution in [3.8, 4) is 0 Å². The number of anilines is 1. The molecule has 1 fully saturated rings. The fraction of sp³-hybridized carbons (Fsp3) is 0.462. The highest BCUT2D eigenvalue weighted by Gasteiger charge is 2.22. The zero-order valence-electron chi connectivity index (χ0n) is 37.3. The third-order valence-corrected chi connectivity index (χ3v) is 12.0. The predicted octanol–water partition coefficient (Wildman–Crippen LogP) is 11.3. The van der Waals surface area contributed by atoms with E-state index in [4.69, 9.17) is 0 Å². The molecule has 6 heteroatoms. The summed E-state index contributed by atoms with van der Waals surface area (Å²) in [6.07, 6.45) is 27.0. The van der Waals surface area contributed by atoms with Gasteiger partial charge in [-0.2, -0.15) is 0 Å². The summed E-state index contributed by atoms with van der Waals surface area (Å²) in [5.74, 6) is 0.688. The molecule has 312 valence electrons. The normalized spacial score (nSPS) is 17.5. The van der Waals surface area contributed by atoms with Gasteiger partial charge in [-0.25, -0.2) is 4.58 Å². The predicted molar refractivity (Wildman–Crippen MR) is 257 cm³/mol. The number of rotatable bonds is 21. The van der Waals surface area contributed by atoms with Crippen LogP contribution < -0.4 is 10.2 Å². The Morgan fingerprint density at radius 1 is 1.03 bits per heavy atom. The molecule has 0 saturated carbocycles. The van der Waals surface area contributed by atoms with Crippen LogP contribution in [0.3, 0.4) is 0 Å². The second kappa shape index (κ2) is 24.3. The van der Waals surface area contributed by atoms with Crippen molar-refractivity contribution in [1.82, 2.24) is 15.1 Å². The van der Waals surface area contributed by atoms with Crippen molar-refractivity contribution < 1.29 is 4.58 Å². The van der Waals surface area contributed by atoms with Crippen molar-refractivity contribution >= 4 is 41.0 Å². The zero-order valence-corrected chi connectivity index (χ0v) is 37.3. The Bertz CT molecular complexity index is 1850. The molecule has 2 aromatic rings. The molecule has 1 saturated heterocycles. The topological polar surface area (TPSA) is 37.1 Å². The van der Waals surface area contributed by atoms with Gasteiger partial charge in [0.1, 0.15) is 6.21 Å². The lowest BCUT2D eigenvalue weighted by Gasteiger charge is -2.38. The fourth-order valence-electron chi connectivity index (χ4n) is 8.19. The van der Waals surface area contributed by atoms with Crippen LogP contribution in [-0.2, 0) is 0 Å². The Morgan fingerprint density at radius 3 is 2.47 bits per heavy atom. The summed E-state index contributed by atoms with van der Waals surface area (Å²) in [5, 5.41) is 3.57. The number of aryl methyl sites for hydroxylation is 1. The monoisotopic (exact) mass is 784 g/mol. The molecule has 5 rings (SSSR count). The summed E-state index contributed by atoms with van der Waals surface area (Å²) in [7, 11) is 2.17. The number of hydrogen-bond acceptors (Lipinski definition) is 5. The minimum absolute atomic E-state index is 0.402. The van der Waals surface area contributed by atoms with E-state index in [1.165, 1.54) is 64.9 Å². The van der Waals surface area contributed by atoms with E-state index in [0.717, 1.165) is 88.3 Å². The lowest BCUT2D eigenvalue weighted by Crippen LogP contribution is -2.48. The van der Waals surface area contributed by atoms with Crippen LogP contribution in [0.1, 0.15) is 107 Å². The highest BCUT2D eigenvalue weighted by Crippen LogP contribution is 2.31. The first-order valence-corrected chi connectivity index (χ1v) is 22.2. The highest BCUT2D eigenvalue weighted by atomic mass is 15.3. The van der Waals surface area contributed by atoms with E-state index in [1.807, 2.05) is 26.0 Å². The molecule has 0 aromatic heterocycles. The number of dihydropyridines is 1. The molecule has 6 nitrogen and oxygen atoms in total. The van der Waals surface area contributed by atoms with Crippen LogP contribution in [0.25, 0.3) is 22.9 Å². The van der Waals surface area contributed by atoms with Gasteiger partial charge in [-0.3, -0.25) is 9.89 Å². The molecule has 0 aliphatic carbocycles. The summed E-state index contributed by atoms with van der Waals surface area (Å²) in [5.41, 5.74) is 12.4. The van der Waals surface area contributed by atoms with Gasteiger partial charge in [-0.15, -0.1) is 0 Å². The van der Waals surface area contributed by atoms with E-state index in [0.29, 0.717) is 12.0 Å². The van der Waals surface area contributed by atoms with Crippen LogP contribution in [-0.4, -0.2) is 92.3 Å². The molecule has 0 radical (unpaired) electrons. The molecule has 2 aromatic carbocycles. The second-order valence-electron chi connectivity index (χ2n) is 15.8. The summed E-state index contributed by atoms with van der Waals surface area (Å²) >= 11 is 0. The third kappa shape index (κ3) is 12.9. The summed E-state index contributed by atoms with van der Waals surface area (Å²) in [6, 6.07) is 14.0. The van der Waals surface area contributed by atoms with Crippen LogP contribution in [0.15, 0.2) is 103 Å². The van der Waals surface area contributed by atoms with Gasteiger partial charge in [0.15, 0.2) is 12.7 Å². The maximum atomic E-state index is 4.57. The number of nitrogens with one attached hydrogen (secondary N) is 1. The van der Waals surface area contributed by atoms with Gasteiger partial charge in [0.25, 0.3) is 0 Å². The van der Waals surface area contributed by atoms with Crippen molar-refractivity contribution in [3.05, 3.63) is 126 Å². The van der Waals surface area contributed by atoms with Gasteiger partial charge in [0.05, 0.1) is 0 Å². The lowest BCUT2D eigenvalue weighted by atomic mass is 9.90. The average Bonchev–Trinajstić information content (AvgIpc) is 3.24. The van der Waals surface area contributed by atoms with Crippen LogP contribution in [0.5, 0.6) is 0 Å². The molecule has 3 heterocycles. The van der Waals surface area contributed by atoms with E-state index < -0.39 is 0 Å². The van der Waals surface area contributed by atoms with E-state index in [-0.39, 0.29) is 0 Å². The molecule has 0 bridgehead atoms. The van der Waals surface area contributed by atoms with Crippen LogP contribution >= 0.6 is 0 Å². The minimum atomic E-state index is 0.402. The summed E-state index contributed by atoms with van der Waals surface area (Å²) < 4.78 is 2.26. The summed E-state index contributed by atoms with van der Waals surface area (Å²) in [6.45, 7) is 34.2. The van der Waals surface area contributed by atoms with E-state index in [1.54, 1.807) is 0 Å². The maximum Gasteiger partial charge on any atom is 0.172 e. The Balaban J connectivity index is 0.00000366. The van der Waals surface area contributed by atoms with Gasteiger partial charge in [-0.05, 0) is 110 Å². The third-order valence-electron chi connectivity index (χ3n) is 12.0. The Labute approximate surface area is 353 Å². The molecule has 0 amide bonds. The van der Waals surface area contributed by atoms with E-state index in [9.17, 15) is 0 Å². The molecular formula is C52H75N6+. The van der Waals surface area contributed by atoms with Gasteiger partial charge in [-0.1, -0.05) is 102 Å². The Hall–Kier alpha value is -4.68. The SMILES string of the molecule is C=C/C(=C\C=C\NCCC(CCC)CN1CCN(c2ccc(C(=C)N(C)C(C)CCC=[N+]3C=CC3)c(C=C)c2)CC1)c1ccc(C2=C(CC)CCN=C2)c(C)c1.CC. The number of piperazine rings is 1. The minimum Gasteiger partial charge on any atom is -0.391 e. The number of aliphatic imine (C=N–C) groups is 1. The van der Waals surface area contributed by atoms with Crippen molar-refractivity contribution in [1.29, 1.82) is 0 Å². The molecule has 58 heavy (non-hydrogen) atoms. The number of benzene rings is 2. The Kier molecular flexibility index (Phi) is 19.3. The second-order valence-corrected chi connectivity index (χ2v) is 15.8. The lowest BCUT2D eigenvalue weighted by molar-refractivity contribution is -0.466. The molecule has 1 N–H and O–H groups in total. The van der Waals surface area contributed by atoms with Crippen molar-refractivity contribution in [2.45, 2.75) is 92.5 Å². The fourth-order valence-corrected chi connectivity index (χ4v) is 8.19. The standard InChI is InChI=1S/C50H69N6.C2H6/c1-9-16-42(23-26-51-25-13-18-43(10-2)46-19-21-48(39(5)35-46)50-37-52-27-24-44(50)11-3)38-55-31-33-56(34-32-55)47-20-22-49(45(12-4)36-47)41(7)53(8)40(6)17-14-28-54-29-15-30-54;1-2/h10,12-13,15,18-22,25,28-29,35-37,40,42,51H,2,4,7,9,11,14,16-17,23-24,26-27,30-34,38H2,1,3,5-6,8H3;1-2H3/q+1;/b25-13+,43-18+,54-28?;. The molecule has 2 atom stereocenters. The average molecular weight is 784 g/mol. The van der Waals surface area contributed by atoms with Gasteiger partial charge >= 0.3 is 0 Å². The largest absolute Gasteiger partial charge is 0.391 e. The molecule has 2 unspecified atom stereocenters. The number of allylic oxidation sites excluding steroid dienone is 5. The van der Waals surface area contributed by atoms with E-state index >= 15 is 0 Å². The van der Waals surface area contributed by atoms with Gasteiger partial charge < -0.3 is 15.1 Å². The quantitative estimate of drug-likeness (QED) is 0.0777. The van der Waals surface area contributed by atoms with Crippen molar-refractivity contribution in [3.63, 3.8) is 0 Å². The van der Waals surface area contributed by atoms with Crippen LogP contribution in [0.4, 0.5) is 5.69 Å². The first-order chi connectivity index (χ1) is 28.3. The van der Waals surface area contributed by atoms with Crippen molar-refractivity contribution in [2.24, 2.45) is 10.9 Å². The Morgan fingerprint density at radius 2 is 1.81 bits per heavy atom. The van der Waals surface area contributed by atoms with Crippen molar-refractivity contribution in [2.75, 3.05) is 64.3 Å². The van der Waals surface area contributed by atoms with E-state index in [2.05, 4.69) is 164 Å². The first kappa shape index (κ1) is 46.0. The number of nitrogens with zero attached hydrogens (tertiary/aromatic N) is 5. The highest BCUT2D eigenvalue weighted by molar-refractivity contribution is 6.12. The smallest absolute Gasteiger partial charge is 0.172 e. The van der Waals surface area contributed by atoms with Gasteiger partial charge in [0.2, 0.25) is 0 Å². The van der Waals surface area contributed by atoms with Gasteiger partial charge in [0, 0.05) is 94.6 Å². The van der Waals surface area contributed by atoms with Crippen LogP contribution in [0, 0.1) is 12.8 Å². The molecule has 3 aliphatic heterocycles. The zero-order chi connectivity index (χ0) is 41.9.